The van der Waals surface area contributed by atoms with Gasteiger partial charge in [-0.1, -0.05) is 22.0 Å². The predicted octanol–water partition coefficient (Wildman–Crippen LogP) is 2.35. The van der Waals surface area contributed by atoms with Crippen molar-refractivity contribution < 1.29 is 4.79 Å². The Kier molecular flexibility index (Phi) is 3.92. The number of hydrogen-bond acceptors (Lipinski definition) is 2. The molecule has 0 aromatic heterocycles. The van der Waals surface area contributed by atoms with Gasteiger partial charge in [-0.3, -0.25) is 4.90 Å². The molecule has 1 fully saturated rings. The fraction of sp³-hybridized carbons (Fsp3) is 0.462. The molecule has 2 rings (SSSR count). The molecule has 18 heavy (non-hydrogen) atoms. The van der Waals surface area contributed by atoms with Gasteiger partial charge in [-0.2, -0.15) is 0 Å². The minimum absolute atomic E-state index is 0.0456. The highest BCUT2D eigenvalue weighted by Crippen LogP contribution is 2.28. The largest absolute Gasteiger partial charge is 0.330 e. The number of nitrogens with zero attached hydrogens (tertiary/aromatic N) is 2. The van der Waals surface area contributed by atoms with Crippen LogP contribution in [0.3, 0.4) is 0 Å². The fourth-order valence-corrected chi connectivity index (χ4v) is 2.57. The van der Waals surface area contributed by atoms with Gasteiger partial charge in [0.05, 0.1) is 6.04 Å². The van der Waals surface area contributed by atoms with E-state index in [1.54, 1.807) is 4.90 Å². The van der Waals surface area contributed by atoms with Crippen LogP contribution < -0.4 is 10.6 Å². The molecule has 0 aliphatic carbocycles. The first-order chi connectivity index (χ1) is 8.54. The number of likely N-dealkylation sites (N-methyl/N-ethyl adjacent to an activating group) is 1. The van der Waals surface area contributed by atoms with Crippen LogP contribution in [0.1, 0.15) is 12.0 Å². The molecule has 0 radical (unpaired) electrons. The minimum Gasteiger partial charge on any atom is -0.330 e. The number of halogens is 1. The van der Waals surface area contributed by atoms with Crippen molar-refractivity contribution in [3.05, 3.63) is 28.2 Å². The first kappa shape index (κ1) is 13.4. The third-order valence-electron chi connectivity index (χ3n) is 3.44. The van der Waals surface area contributed by atoms with E-state index < -0.39 is 0 Å². The van der Waals surface area contributed by atoms with Gasteiger partial charge in [0.15, 0.2) is 0 Å². The van der Waals surface area contributed by atoms with Gasteiger partial charge >= 0.3 is 6.03 Å². The van der Waals surface area contributed by atoms with E-state index in [1.165, 1.54) is 0 Å². The highest BCUT2D eigenvalue weighted by Gasteiger charge is 2.34. The monoisotopic (exact) mass is 311 g/mol. The summed E-state index contributed by atoms with van der Waals surface area (Å²) in [4.78, 5) is 15.8. The van der Waals surface area contributed by atoms with Gasteiger partial charge in [0.2, 0.25) is 0 Å². The maximum atomic E-state index is 12.2. The second-order valence-corrected chi connectivity index (χ2v) is 5.52. The molecule has 0 bridgehead atoms. The number of nitrogens with two attached hydrogens (primary N) is 1. The van der Waals surface area contributed by atoms with E-state index >= 15 is 0 Å². The molecule has 2 amide bonds. The Bertz CT molecular complexity index is 464. The van der Waals surface area contributed by atoms with Crippen LogP contribution in [0.4, 0.5) is 10.5 Å². The molecule has 1 aromatic carbocycles. The van der Waals surface area contributed by atoms with Crippen LogP contribution in [0, 0.1) is 6.92 Å². The summed E-state index contributed by atoms with van der Waals surface area (Å²) < 4.78 is 1.03. The van der Waals surface area contributed by atoms with E-state index in [0.29, 0.717) is 13.1 Å². The summed E-state index contributed by atoms with van der Waals surface area (Å²) in [6.07, 6.45) is 0.839. The molecular weight excluding hydrogens is 294 g/mol. The highest BCUT2D eigenvalue weighted by molar-refractivity contribution is 9.10. The lowest BCUT2D eigenvalue weighted by Crippen LogP contribution is -2.32. The maximum absolute atomic E-state index is 12.2. The van der Waals surface area contributed by atoms with Crippen molar-refractivity contribution in [2.24, 2.45) is 5.73 Å². The summed E-state index contributed by atoms with van der Waals surface area (Å²) in [6.45, 7) is 3.35. The van der Waals surface area contributed by atoms with E-state index in [4.69, 9.17) is 5.73 Å². The number of benzene rings is 1. The van der Waals surface area contributed by atoms with Crippen molar-refractivity contribution in [1.29, 1.82) is 0 Å². The van der Waals surface area contributed by atoms with Gasteiger partial charge in [-0.05, 0) is 37.6 Å². The van der Waals surface area contributed by atoms with Gasteiger partial charge in [0.25, 0.3) is 0 Å². The number of urea groups is 1. The number of aryl methyl sites for hydroxylation is 1. The van der Waals surface area contributed by atoms with Crippen molar-refractivity contribution in [2.45, 2.75) is 19.4 Å². The summed E-state index contributed by atoms with van der Waals surface area (Å²) >= 11 is 3.50. The van der Waals surface area contributed by atoms with E-state index in [9.17, 15) is 4.79 Å². The normalized spacial score (nSPS) is 19.8. The predicted molar refractivity (Wildman–Crippen MR) is 76.8 cm³/mol. The summed E-state index contributed by atoms with van der Waals surface area (Å²) in [6, 6.07) is 6.25. The third-order valence-corrected chi connectivity index (χ3v) is 4.29. The zero-order chi connectivity index (χ0) is 13.3. The maximum Gasteiger partial charge on any atom is 0.324 e. The Labute approximate surface area is 116 Å². The molecule has 0 saturated carbocycles. The van der Waals surface area contributed by atoms with Gasteiger partial charge in [-0.25, -0.2) is 4.79 Å². The van der Waals surface area contributed by atoms with Gasteiger partial charge in [-0.15, -0.1) is 0 Å². The number of rotatable bonds is 3. The Morgan fingerprint density at radius 1 is 1.50 bits per heavy atom. The van der Waals surface area contributed by atoms with Crippen LogP contribution in [-0.4, -0.2) is 37.1 Å². The SMILES string of the molecule is Cc1ccc(N2CC(CCN)N(C)C2=O)cc1Br. The standard InChI is InChI=1S/C13H18BrN3O/c1-9-3-4-10(7-12(9)14)17-8-11(5-6-15)16(2)13(17)18/h3-4,7,11H,5-6,8,15H2,1-2H3. The third kappa shape index (κ3) is 2.37. The zero-order valence-corrected chi connectivity index (χ0v) is 12.3. The number of hydrogen-bond donors (Lipinski definition) is 1. The Balaban J connectivity index is 2.23. The van der Waals surface area contributed by atoms with Crippen LogP contribution in [0.15, 0.2) is 22.7 Å². The van der Waals surface area contributed by atoms with Crippen molar-refractivity contribution in [3.8, 4) is 0 Å². The first-order valence-corrected chi connectivity index (χ1v) is 6.84. The molecule has 1 aliphatic heterocycles. The molecular formula is C13H18BrN3O. The second-order valence-electron chi connectivity index (χ2n) is 4.67. The minimum atomic E-state index is 0.0456. The lowest BCUT2D eigenvalue weighted by atomic mass is 10.2. The topological polar surface area (TPSA) is 49.6 Å². The average molecular weight is 312 g/mol. The smallest absolute Gasteiger partial charge is 0.324 e. The molecule has 4 nitrogen and oxygen atoms in total. The Morgan fingerprint density at radius 3 is 2.83 bits per heavy atom. The molecule has 1 aromatic rings. The highest BCUT2D eigenvalue weighted by atomic mass is 79.9. The van der Waals surface area contributed by atoms with Crippen LogP contribution in [0.2, 0.25) is 0 Å². The second kappa shape index (κ2) is 5.28. The number of carbonyl (C=O) groups is 1. The lowest BCUT2D eigenvalue weighted by Gasteiger charge is -2.17. The van der Waals surface area contributed by atoms with Gasteiger partial charge in [0, 0.05) is 23.8 Å². The fourth-order valence-electron chi connectivity index (χ4n) is 2.20. The Morgan fingerprint density at radius 2 is 2.22 bits per heavy atom. The molecule has 1 unspecified atom stereocenters. The van der Waals surface area contributed by atoms with Crippen LogP contribution in [0.5, 0.6) is 0 Å². The quantitative estimate of drug-likeness (QED) is 0.931. The molecule has 1 saturated heterocycles. The first-order valence-electron chi connectivity index (χ1n) is 6.05. The number of carbonyl (C=O) groups excluding carboxylic acids is 1. The van der Waals surface area contributed by atoms with E-state index in [2.05, 4.69) is 15.9 Å². The summed E-state index contributed by atoms with van der Waals surface area (Å²) in [7, 11) is 1.84. The summed E-state index contributed by atoms with van der Waals surface area (Å²) in [5, 5.41) is 0. The average Bonchev–Trinajstić information content (AvgIpc) is 2.62. The van der Waals surface area contributed by atoms with Crippen LogP contribution in [0.25, 0.3) is 0 Å². The molecule has 1 atom stereocenters. The van der Waals surface area contributed by atoms with E-state index in [1.807, 2.05) is 37.1 Å². The molecule has 98 valence electrons. The lowest BCUT2D eigenvalue weighted by molar-refractivity contribution is 0.217. The Hall–Kier alpha value is -1.07. The summed E-state index contributed by atoms with van der Waals surface area (Å²) in [5.74, 6) is 0. The zero-order valence-electron chi connectivity index (χ0n) is 10.7. The van der Waals surface area contributed by atoms with Crippen LogP contribution in [-0.2, 0) is 0 Å². The van der Waals surface area contributed by atoms with Crippen molar-refractivity contribution in [1.82, 2.24) is 4.90 Å². The molecule has 0 spiro atoms. The van der Waals surface area contributed by atoms with E-state index in [0.717, 1.165) is 22.1 Å². The molecule has 2 N–H and O–H groups in total. The number of amides is 2. The van der Waals surface area contributed by atoms with E-state index in [-0.39, 0.29) is 12.1 Å². The van der Waals surface area contributed by atoms with Crippen molar-refractivity contribution in [3.63, 3.8) is 0 Å². The summed E-state index contributed by atoms with van der Waals surface area (Å²) in [5.41, 5.74) is 7.68. The van der Waals surface area contributed by atoms with Crippen LogP contribution >= 0.6 is 15.9 Å². The molecule has 1 aliphatic rings. The molecule has 1 heterocycles. The number of anilines is 1. The molecule has 5 heteroatoms. The van der Waals surface area contributed by atoms with Crippen molar-refractivity contribution in [2.75, 3.05) is 25.0 Å². The van der Waals surface area contributed by atoms with Gasteiger partial charge < -0.3 is 10.6 Å². The van der Waals surface area contributed by atoms with Crippen molar-refractivity contribution >= 4 is 27.6 Å². The van der Waals surface area contributed by atoms with Gasteiger partial charge in [0.1, 0.15) is 0 Å².